The Bertz CT molecular complexity index is 692. The number of amides is 3. The minimum absolute atomic E-state index is 0.163. The predicted octanol–water partition coefficient (Wildman–Crippen LogP) is 0.932. The van der Waals surface area contributed by atoms with Gasteiger partial charge in [-0.3, -0.25) is 14.9 Å². The third-order valence-corrected chi connectivity index (χ3v) is 3.02. The highest BCUT2D eigenvalue weighted by atomic mass is 19.4. The summed E-state index contributed by atoms with van der Waals surface area (Å²) in [6.07, 6.45) is -4.76. The molecule has 11 heteroatoms. The maximum absolute atomic E-state index is 11.9. The molecule has 0 aliphatic carbocycles. The van der Waals surface area contributed by atoms with E-state index in [0.29, 0.717) is 30.3 Å². The van der Waals surface area contributed by atoms with Crippen molar-refractivity contribution in [2.24, 2.45) is 0 Å². The Morgan fingerprint density at radius 1 is 1.12 bits per heavy atom. The number of alkyl halides is 3. The number of nitrogens with one attached hydrogen (secondary N) is 2. The van der Waals surface area contributed by atoms with Crippen molar-refractivity contribution < 1.29 is 41.8 Å². The zero-order valence-electron chi connectivity index (χ0n) is 13.4. The number of fused-ring (bicyclic) bond motifs is 1. The molecule has 0 fully saturated rings. The number of ether oxygens (including phenoxy) is 3. The zero-order chi connectivity index (χ0) is 19.2. The van der Waals surface area contributed by atoms with Crippen LogP contribution in [0.15, 0.2) is 18.2 Å². The highest BCUT2D eigenvalue weighted by molar-refractivity contribution is 5.95. The summed E-state index contributed by atoms with van der Waals surface area (Å²) in [7, 11) is 0. The minimum atomic E-state index is -4.60. The molecule has 0 unspecified atom stereocenters. The Kier molecular flexibility index (Phi) is 6.26. The molecular weight excluding hydrogens is 361 g/mol. The second-order valence-electron chi connectivity index (χ2n) is 5.16. The highest BCUT2D eigenvalue weighted by Gasteiger charge is 2.28. The minimum Gasteiger partial charge on any atom is -0.486 e. The van der Waals surface area contributed by atoms with Gasteiger partial charge in [0.1, 0.15) is 19.8 Å². The fourth-order valence-corrected chi connectivity index (χ4v) is 1.95. The molecule has 1 aliphatic rings. The Balaban J connectivity index is 1.73. The second-order valence-corrected chi connectivity index (χ2v) is 5.16. The average molecular weight is 376 g/mol. The van der Waals surface area contributed by atoms with Gasteiger partial charge in [0, 0.05) is 0 Å². The lowest BCUT2D eigenvalue weighted by atomic mass is 10.1. The van der Waals surface area contributed by atoms with Gasteiger partial charge in [-0.1, -0.05) is 6.07 Å². The van der Waals surface area contributed by atoms with E-state index < -0.39 is 37.2 Å². The monoisotopic (exact) mass is 376 g/mol. The van der Waals surface area contributed by atoms with E-state index >= 15 is 0 Å². The van der Waals surface area contributed by atoms with Gasteiger partial charge in [0.15, 0.2) is 18.1 Å². The summed E-state index contributed by atoms with van der Waals surface area (Å²) in [5.74, 6) is -0.772. The van der Waals surface area contributed by atoms with E-state index in [1.807, 2.05) is 0 Å². The van der Waals surface area contributed by atoms with Crippen LogP contribution in [0.2, 0.25) is 0 Å². The van der Waals surface area contributed by atoms with Crippen LogP contribution in [0, 0.1) is 0 Å². The molecule has 0 radical (unpaired) electrons. The summed E-state index contributed by atoms with van der Waals surface area (Å²) in [4.78, 5) is 34.1. The third-order valence-electron chi connectivity index (χ3n) is 3.02. The number of carbonyl (C=O) groups excluding carboxylic acids is 3. The van der Waals surface area contributed by atoms with Crippen LogP contribution < -0.4 is 20.1 Å². The average Bonchev–Trinajstić information content (AvgIpc) is 2.57. The van der Waals surface area contributed by atoms with Gasteiger partial charge in [-0.25, -0.2) is 4.79 Å². The summed E-state index contributed by atoms with van der Waals surface area (Å²) in [5.41, 5.74) is 0.558. The first kappa shape index (κ1) is 19.3. The van der Waals surface area contributed by atoms with Crippen molar-refractivity contribution in [1.82, 2.24) is 10.6 Å². The van der Waals surface area contributed by atoms with Crippen molar-refractivity contribution in [2.75, 3.05) is 26.4 Å². The molecule has 2 rings (SSSR count). The molecule has 0 saturated heterocycles. The van der Waals surface area contributed by atoms with Gasteiger partial charge >= 0.3 is 18.2 Å². The zero-order valence-corrected chi connectivity index (χ0v) is 13.4. The summed E-state index contributed by atoms with van der Waals surface area (Å²) in [6, 6.07) is 3.52. The van der Waals surface area contributed by atoms with E-state index in [4.69, 9.17) is 9.47 Å². The van der Waals surface area contributed by atoms with Crippen molar-refractivity contribution in [3.8, 4) is 11.5 Å². The molecule has 26 heavy (non-hydrogen) atoms. The fourth-order valence-electron chi connectivity index (χ4n) is 1.95. The Morgan fingerprint density at radius 2 is 1.81 bits per heavy atom. The Hall–Kier alpha value is -2.98. The number of halogens is 3. The third kappa shape index (κ3) is 6.49. The molecule has 3 amide bonds. The lowest BCUT2D eigenvalue weighted by molar-refractivity contribution is -0.147. The van der Waals surface area contributed by atoms with Gasteiger partial charge in [-0.2, -0.15) is 13.2 Å². The van der Waals surface area contributed by atoms with Crippen molar-refractivity contribution in [3.63, 3.8) is 0 Å². The number of hydrogen-bond acceptors (Lipinski definition) is 6. The van der Waals surface area contributed by atoms with Crippen LogP contribution in [0.1, 0.15) is 5.56 Å². The molecule has 0 atom stereocenters. The normalized spacial score (nSPS) is 12.9. The van der Waals surface area contributed by atoms with Gasteiger partial charge in [0.05, 0.1) is 6.42 Å². The largest absolute Gasteiger partial charge is 0.486 e. The molecule has 0 aromatic heterocycles. The van der Waals surface area contributed by atoms with Gasteiger partial charge in [0.25, 0.3) is 5.91 Å². The Morgan fingerprint density at radius 3 is 2.50 bits per heavy atom. The number of hydrogen-bond donors (Lipinski definition) is 2. The molecule has 1 aromatic carbocycles. The second kappa shape index (κ2) is 8.41. The number of urea groups is 1. The van der Waals surface area contributed by atoms with E-state index in [0.717, 1.165) is 0 Å². The molecule has 1 heterocycles. The maximum Gasteiger partial charge on any atom is 0.405 e. The van der Waals surface area contributed by atoms with E-state index in [1.54, 1.807) is 23.5 Å². The summed E-state index contributed by atoms with van der Waals surface area (Å²) >= 11 is 0. The Labute approximate surface area is 145 Å². The van der Waals surface area contributed by atoms with Gasteiger partial charge in [-0.05, 0) is 17.7 Å². The molecule has 1 aromatic rings. The molecule has 1 aliphatic heterocycles. The first-order valence-corrected chi connectivity index (χ1v) is 7.41. The number of imide groups is 1. The smallest absolute Gasteiger partial charge is 0.405 e. The number of esters is 1. The number of benzene rings is 1. The van der Waals surface area contributed by atoms with Crippen LogP contribution in [-0.4, -0.2) is 50.4 Å². The maximum atomic E-state index is 11.9. The van der Waals surface area contributed by atoms with E-state index in [9.17, 15) is 27.6 Å². The first-order valence-electron chi connectivity index (χ1n) is 7.41. The number of carbonyl (C=O) groups is 3. The van der Waals surface area contributed by atoms with Crippen molar-refractivity contribution in [1.29, 1.82) is 0 Å². The van der Waals surface area contributed by atoms with Crippen LogP contribution in [0.25, 0.3) is 0 Å². The summed E-state index contributed by atoms with van der Waals surface area (Å²) in [6.45, 7) is -1.57. The molecule has 142 valence electrons. The van der Waals surface area contributed by atoms with Crippen molar-refractivity contribution in [2.45, 2.75) is 12.6 Å². The molecule has 8 nitrogen and oxygen atoms in total. The van der Waals surface area contributed by atoms with Gasteiger partial charge < -0.3 is 19.5 Å². The van der Waals surface area contributed by atoms with E-state index in [1.165, 1.54) is 5.32 Å². The van der Waals surface area contributed by atoms with Crippen LogP contribution in [0.3, 0.4) is 0 Å². The fraction of sp³-hybridized carbons (Fsp3) is 0.400. The molecule has 0 spiro atoms. The summed E-state index contributed by atoms with van der Waals surface area (Å²) in [5, 5.41) is 3.06. The van der Waals surface area contributed by atoms with Crippen molar-refractivity contribution in [3.05, 3.63) is 23.8 Å². The lowest BCUT2D eigenvalue weighted by Gasteiger charge is -2.18. The predicted molar refractivity (Wildman–Crippen MR) is 79.7 cm³/mol. The molecule has 0 saturated carbocycles. The highest BCUT2D eigenvalue weighted by Crippen LogP contribution is 2.30. The topological polar surface area (TPSA) is 103 Å². The SMILES string of the molecule is O=C(COC(=O)Cc1ccc2c(c1)OCCO2)NC(=O)NCC(F)(F)F. The van der Waals surface area contributed by atoms with Crippen molar-refractivity contribution >= 4 is 17.9 Å². The van der Waals surface area contributed by atoms with Crippen LogP contribution in [0.4, 0.5) is 18.0 Å². The standard InChI is InChI=1S/C15H15F3N2O6/c16-15(17,18)8-19-14(23)20-12(21)7-26-13(22)6-9-1-2-10-11(5-9)25-4-3-24-10/h1-2,5H,3-4,6-8H2,(H2,19,20,21,23). The summed E-state index contributed by atoms with van der Waals surface area (Å²) < 4.78 is 51.1. The van der Waals surface area contributed by atoms with Gasteiger partial charge in [0.2, 0.25) is 0 Å². The lowest BCUT2D eigenvalue weighted by Crippen LogP contribution is -2.44. The first-order chi connectivity index (χ1) is 12.2. The van der Waals surface area contributed by atoms with E-state index in [2.05, 4.69) is 4.74 Å². The van der Waals surface area contributed by atoms with Crippen LogP contribution in [0.5, 0.6) is 11.5 Å². The molecule has 0 bridgehead atoms. The quantitative estimate of drug-likeness (QED) is 0.742. The number of rotatable bonds is 5. The molecular formula is C15H15F3N2O6. The van der Waals surface area contributed by atoms with Gasteiger partial charge in [-0.15, -0.1) is 0 Å². The van der Waals surface area contributed by atoms with Crippen LogP contribution >= 0.6 is 0 Å². The van der Waals surface area contributed by atoms with Crippen LogP contribution in [-0.2, 0) is 20.7 Å². The van der Waals surface area contributed by atoms with E-state index in [-0.39, 0.29) is 6.42 Å². The molecule has 2 N–H and O–H groups in total.